The quantitative estimate of drug-likeness (QED) is 0.696. The lowest BCUT2D eigenvalue weighted by molar-refractivity contribution is 0.127. The molecule has 0 saturated heterocycles. The summed E-state index contributed by atoms with van der Waals surface area (Å²) in [7, 11) is 4.07. The maximum absolute atomic E-state index is 9.61. The van der Waals surface area contributed by atoms with E-state index in [1.165, 1.54) is 0 Å². The third-order valence-corrected chi connectivity index (χ3v) is 4.14. The van der Waals surface area contributed by atoms with E-state index in [4.69, 9.17) is 4.74 Å². The van der Waals surface area contributed by atoms with Gasteiger partial charge in [0.25, 0.3) is 0 Å². The van der Waals surface area contributed by atoms with E-state index in [1.54, 1.807) is 0 Å². The molecule has 0 aliphatic carbocycles. The predicted octanol–water partition coefficient (Wildman–Crippen LogP) is 2.84. The van der Waals surface area contributed by atoms with E-state index in [2.05, 4.69) is 24.1 Å². The van der Waals surface area contributed by atoms with Crippen LogP contribution in [0.15, 0.2) is 24.3 Å². The van der Waals surface area contributed by atoms with Crippen molar-refractivity contribution < 1.29 is 9.84 Å². The molecule has 0 heterocycles. The summed E-state index contributed by atoms with van der Waals surface area (Å²) in [6.07, 6.45) is 1.93. The van der Waals surface area contributed by atoms with Gasteiger partial charge in [-0.3, -0.25) is 0 Å². The third-order valence-electron chi connectivity index (χ3n) is 4.14. The van der Waals surface area contributed by atoms with Crippen molar-refractivity contribution >= 4 is 5.69 Å². The molecule has 0 aromatic heterocycles. The Balaban J connectivity index is 2.56. The first-order valence-corrected chi connectivity index (χ1v) is 7.77. The number of benzene rings is 1. The van der Waals surface area contributed by atoms with E-state index in [1.807, 2.05) is 38.4 Å². The number of anilines is 1. The maximum Gasteiger partial charge on any atom is 0.121 e. The summed E-state index contributed by atoms with van der Waals surface area (Å²) in [6, 6.07) is 8.01. The standard InChI is InChI=1S/C17H30N2O2/c1-5-17(6-2,14-20)13-18-15-8-7-9-16(12-15)21-11-10-19(3)4/h7-9,12,18,20H,5-6,10-11,13-14H2,1-4H3. The topological polar surface area (TPSA) is 44.7 Å². The number of nitrogens with zero attached hydrogens (tertiary/aromatic N) is 1. The highest BCUT2D eigenvalue weighted by Gasteiger charge is 2.24. The summed E-state index contributed by atoms with van der Waals surface area (Å²) in [6.45, 7) is 6.83. The molecule has 0 aliphatic heterocycles. The molecular formula is C17H30N2O2. The third kappa shape index (κ3) is 5.94. The molecule has 1 rings (SSSR count). The van der Waals surface area contributed by atoms with E-state index in [0.717, 1.165) is 37.4 Å². The molecule has 0 unspecified atom stereocenters. The lowest BCUT2D eigenvalue weighted by atomic mass is 9.83. The summed E-state index contributed by atoms with van der Waals surface area (Å²) in [5, 5.41) is 13.0. The van der Waals surface area contributed by atoms with Gasteiger partial charge in [0.15, 0.2) is 0 Å². The fraction of sp³-hybridized carbons (Fsp3) is 0.647. The molecular weight excluding hydrogens is 264 g/mol. The molecule has 0 fully saturated rings. The average Bonchev–Trinajstić information content (AvgIpc) is 2.49. The average molecular weight is 294 g/mol. The van der Waals surface area contributed by atoms with Gasteiger partial charge in [0.05, 0.1) is 6.61 Å². The zero-order chi connectivity index (χ0) is 15.7. The maximum atomic E-state index is 9.61. The Morgan fingerprint density at radius 3 is 2.52 bits per heavy atom. The first-order valence-electron chi connectivity index (χ1n) is 7.77. The summed E-state index contributed by atoms with van der Waals surface area (Å²) in [5.74, 6) is 0.879. The van der Waals surface area contributed by atoms with Crippen LogP contribution in [0.5, 0.6) is 5.75 Å². The highest BCUT2D eigenvalue weighted by Crippen LogP contribution is 2.27. The van der Waals surface area contributed by atoms with Crippen LogP contribution in [0, 0.1) is 5.41 Å². The Bertz CT molecular complexity index is 395. The summed E-state index contributed by atoms with van der Waals surface area (Å²) >= 11 is 0. The van der Waals surface area contributed by atoms with Crippen LogP contribution in [0.2, 0.25) is 0 Å². The van der Waals surface area contributed by atoms with Gasteiger partial charge in [0, 0.05) is 30.3 Å². The van der Waals surface area contributed by atoms with Crippen molar-refractivity contribution in [1.29, 1.82) is 0 Å². The van der Waals surface area contributed by atoms with Crippen molar-refractivity contribution in [3.8, 4) is 5.75 Å². The zero-order valence-electron chi connectivity index (χ0n) is 13.9. The van der Waals surface area contributed by atoms with Crippen LogP contribution in [0.3, 0.4) is 0 Å². The number of hydrogen-bond donors (Lipinski definition) is 2. The molecule has 120 valence electrons. The number of rotatable bonds is 10. The lowest BCUT2D eigenvalue weighted by Gasteiger charge is -2.30. The van der Waals surface area contributed by atoms with Crippen molar-refractivity contribution in [3.05, 3.63) is 24.3 Å². The minimum Gasteiger partial charge on any atom is -0.492 e. The number of likely N-dealkylation sites (N-methyl/N-ethyl adjacent to an activating group) is 1. The Kier molecular flexibility index (Phi) is 7.54. The number of aliphatic hydroxyl groups excluding tert-OH is 1. The zero-order valence-corrected chi connectivity index (χ0v) is 13.9. The molecule has 0 radical (unpaired) electrons. The van der Waals surface area contributed by atoms with Crippen molar-refractivity contribution in [1.82, 2.24) is 4.90 Å². The first-order chi connectivity index (χ1) is 10.0. The van der Waals surface area contributed by atoms with Gasteiger partial charge in [-0.1, -0.05) is 19.9 Å². The van der Waals surface area contributed by atoms with Gasteiger partial charge in [-0.05, 0) is 39.1 Å². The van der Waals surface area contributed by atoms with E-state index in [0.29, 0.717) is 6.61 Å². The van der Waals surface area contributed by atoms with Crippen LogP contribution in [0.25, 0.3) is 0 Å². The van der Waals surface area contributed by atoms with Gasteiger partial charge in [0.2, 0.25) is 0 Å². The molecule has 1 aromatic carbocycles. The van der Waals surface area contributed by atoms with Crippen LogP contribution in [0.4, 0.5) is 5.69 Å². The van der Waals surface area contributed by atoms with Gasteiger partial charge in [-0.25, -0.2) is 0 Å². The number of ether oxygens (including phenoxy) is 1. The summed E-state index contributed by atoms with van der Waals surface area (Å²) < 4.78 is 5.74. The van der Waals surface area contributed by atoms with Crippen molar-refractivity contribution in [2.45, 2.75) is 26.7 Å². The normalized spacial score (nSPS) is 11.7. The molecule has 4 heteroatoms. The Hall–Kier alpha value is -1.26. The molecule has 21 heavy (non-hydrogen) atoms. The summed E-state index contributed by atoms with van der Waals surface area (Å²) in [5.41, 5.74) is 0.999. The number of nitrogens with one attached hydrogen (secondary N) is 1. The monoisotopic (exact) mass is 294 g/mol. The van der Waals surface area contributed by atoms with Crippen LogP contribution >= 0.6 is 0 Å². The second-order valence-corrected chi connectivity index (χ2v) is 5.90. The minimum atomic E-state index is -0.0399. The Labute approximate surface area is 129 Å². The first kappa shape index (κ1) is 17.8. The fourth-order valence-electron chi connectivity index (χ4n) is 2.11. The molecule has 0 atom stereocenters. The van der Waals surface area contributed by atoms with Gasteiger partial charge in [0.1, 0.15) is 12.4 Å². The van der Waals surface area contributed by atoms with Gasteiger partial charge in [-0.2, -0.15) is 0 Å². The number of aliphatic hydroxyl groups is 1. The SMILES string of the molecule is CCC(CC)(CO)CNc1cccc(OCCN(C)C)c1. The lowest BCUT2D eigenvalue weighted by Crippen LogP contribution is -2.32. The van der Waals surface area contributed by atoms with Crippen molar-refractivity contribution in [3.63, 3.8) is 0 Å². The highest BCUT2D eigenvalue weighted by molar-refractivity contribution is 5.48. The summed E-state index contributed by atoms with van der Waals surface area (Å²) in [4.78, 5) is 2.10. The molecule has 0 bridgehead atoms. The van der Waals surface area contributed by atoms with Crippen LogP contribution in [-0.4, -0.2) is 50.4 Å². The Morgan fingerprint density at radius 1 is 1.24 bits per heavy atom. The molecule has 2 N–H and O–H groups in total. The molecule has 0 spiro atoms. The van der Waals surface area contributed by atoms with Crippen LogP contribution in [-0.2, 0) is 0 Å². The highest BCUT2D eigenvalue weighted by atomic mass is 16.5. The molecule has 0 saturated carbocycles. The Morgan fingerprint density at radius 2 is 1.95 bits per heavy atom. The second-order valence-electron chi connectivity index (χ2n) is 5.90. The fourth-order valence-corrected chi connectivity index (χ4v) is 2.11. The van der Waals surface area contributed by atoms with Gasteiger partial charge in [-0.15, -0.1) is 0 Å². The van der Waals surface area contributed by atoms with E-state index in [-0.39, 0.29) is 12.0 Å². The molecule has 0 amide bonds. The van der Waals surface area contributed by atoms with Crippen LogP contribution in [0.1, 0.15) is 26.7 Å². The van der Waals surface area contributed by atoms with Crippen LogP contribution < -0.4 is 10.1 Å². The van der Waals surface area contributed by atoms with Crippen molar-refractivity contribution in [2.24, 2.45) is 5.41 Å². The second kappa shape index (κ2) is 8.90. The molecule has 4 nitrogen and oxygen atoms in total. The van der Waals surface area contributed by atoms with Gasteiger partial charge < -0.3 is 20.1 Å². The van der Waals surface area contributed by atoms with E-state index < -0.39 is 0 Å². The minimum absolute atomic E-state index is 0.0399. The number of hydrogen-bond acceptors (Lipinski definition) is 4. The van der Waals surface area contributed by atoms with Crippen molar-refractivity contribution in [2.75, 3.05) is 45.7 Å². The van der Waals surface area contributed by atoms with E-state index >= 15 is 0 Å². The largest absolute Gasteiger partial charge is 0.492 e. The molecule has 1 aromatic rings. The van der Waals surface area contributed by atoms with Gasteiger partial charge >= 0.3 is 0 Å². The molecule has 0 aliphatic rings. The predicted molar refractivity (Wildman–Crippen MR) is 89.1 cm³/mol. The smallest absolute Gasteiger partial charge is 0.121 e. The van der Waals surface area contributed by atoms with E-state index in [9.17, 15) is 5.11 Å².